The Kier molecular flexibility index (Phi) is 4.05. The summed E-state index contributed by atoms with van der Waals surface area (Å²) >= 11 is 5.76. The van der Waals surface area contributed by atoms with Gasteiger partial charge < -0.3 is 14.6 Å². The van der Waals surface area contributed by atoms with Crippen LogP contribution in [-0.4, -0.2) is 23.5 Å². The van der Waals surface area contributed by atoms with E-state index >= 15 is 0 Å². The molecular weight excluding hydrogens is 345 g/mol. The Morgan fingerprint density at radius 3 is 2.96 bits per heavy atom. The van der Waals surface area contributed by atoms with Gasteiger partial charge in [-0.3, -0.25) is 4.79 Å². The zero-order valence-corrected chi connectivity index (χ0v) is 14.0. The van der Waals surface area contributed by atoms with Gasteiger partial charge in [0.2, 0.25) is 5.91 Å². The second-order valence-corrected chi connectivity index (χ2v) is 6.34. The summed E-state index contributed by atoms with van der Waals surface area (Å²) in [5.41, 5.74) is 1.91. The van der Waals surface area contributed by atoms with Crippen molar-refractivity contribution in [2.75, 3.05) is 16.8 Å². The van der Waals surface area contributed by atoms with Crippen LogP contribution < -0.4 is 10.2 Å². The van der Waals surface area contributed by atoms with E-state index in [2.05, 4.69) is 10.3 Å². The topological polar surface area (TPSA) is 58.4 Å². The van der Waals surface area contributed by atoms with Crippen LogP contribution in [-0.2, 0) is 4.79 Å². The molecule has 2 aromatic carbocycles. The van der Waals surface area contributed by atoms with E-state index in [9.17, 15) is 9.18 Å². The van der Waals surface area contributed by atoms with Gasteiger partial charge in [-0.15, -0.1) is 0 Å². The molecule has 0 saturated carbocycles. The molecule has 1 N–H and O–H groups in total. The molecule has 0 spiro atoms. The third-order valence-electron chi connectivity index (χ3n) is 4.27. The number of aromatic nitrogens is 1. The van der Waals surface area contributed by atoms with Gasteiger partial charge in [-0.05, 0) is 43.2 Å². The Labute approximate surface area is 148 Å². The van der Waals surface area contributed by atoms with E-state index in [1.807, 2.05) is 29.2 Å². The van der Waals surface area contributed by atoms with Crippen molar-refractivity contribution in [3.8, 4) is 0 Å². The molecule has 1 saturated heterocycles. The van der Waals surface area contributed by atoms with Crippen molar-refractivity contribution in [2.45, 2.75) is 18.9 Å². The first-order valence-corrected chi connectivity index (χ1v) is 8.38. The predicted molar refractivity (Wildman–Crippen MR) is 94.4 cm³/mol. The number of benzene rings is 2. The molecule has 4 rings (SSSR count). The number of carbonyl (C=O) groups excluding carboxylic acids is 1. The molecule has 128 valence electrons. The number of nitrogens with zero attached hydrogens (tertiary/aromatic N) is 2. The van der Waals surface area contributed by atoms with Gasteiger partial charge in [-0.25, -0.2) is 4.39 Å². The second kappa shape index (κ2) is 6.37. The molecule has 25 heavy (non-hydrogen) atoms. The summed E-state index contributed by atoms with van der Waals surface area (Å²) in [6.45, 7) is 0.690. The van der Waals surface area contributed by atoms with E-state index in [0.29, 0.717) is 30.3 Å². The highest BCUT2D eigenvalue weighted by Gasteiger charge is 2.33. The van der Waals surface area contributed by atoms with Gasteiger partial charge in [0, 0.05) is 12.2 Å². The highest BCUT2D eigenvalue weighted by atomic mass is 35.5. The number of fused-ring (bicyclic) bond motifs is 1. The van der Waals surface area contributed by atoms with Gasteiger partial charge in [-0.1, -0.05) is 23.7 Å². The average molecular weight is 360 g/mol. The fourth-order valence-electron chi connectivity index (χ4n) is 3.05. The van der Waals surface area contributed by atoms with Crippen molar-refractivity contribution < 1.29 is 13.6 Å². The highest BCUT2D eigenvalue weighted by molar-refractivity contribution is 6.31. The average Bonchev–Trinajstić information content (AvgIpc) is 3.24. The van der Waals surface area contributed by atoms with Crippen LogP contribution in [0.15, 0.2) is 46.9 Å². The van der Waals surface area contributed by atoms with Gasteiger partial charge in [0.15, 0.2) is 5.58 Å². The number of anilines is 2. The Hall–Kier alpha value is -2.60. The summed E-state index contributed by atoms with van der Waals surface area (Å²) in [7, 11) is 0. The first-order chi connectivity index (χ1) is 12.1. The predicted octanol–water partition coefficient (Wildman–Crippen LogP) is 4.23. The number of hydrogen-bond acceptors (Lipinski definition) is 4. The van der Waals surface area contributed by atoms with E-state index < -0.39 is 11.9 Å². The van der Waals surface area contributed by atoms with Gasteiger partial charge >= 0.3 is 0 Å². The lowest BCUT2D eigenvalue weighted by Crippen LogP contribution is -2.39. The van der Waals surface area contributed by atoms with E-state index in [4.69, 9.17) is 16.0 Å². The first kappa shape index (κ1) is 15.9. The summed E-state index contributed by atoms with van der Waals surface area (Å²) in [4.78, 5) is 19.0. The molecule has 1 atom stereocenters. The molecule has 0 radical (unpaired) electrons. The van der Waals surface area contributed by atoms with Crippen LogP contribution in [0.25, 0.3) is 11.1 Å². The molecule has 3 aromatic rings. The van der Waals surface area contributed by atoms with Crippen LogP contribution in [0.3, 0.4) is 0 Å². The van der Waals surface area contributed by atoms with Crippen LogP contribution in [0.2, 0.25) is 5.02 Å². The van der Waals surface area contributed by atoms with Crippen molar-refractivity contribution in [2.24, 2.45) is 0 Å². The lowest BCUT2D eigenvalue weighted by Gasteiger charge is -2.22. The van der Waals surface area contributed by atoms with Gasteiger partial charge in [0.25, 0.3) is 6.01 Å². The maximum atomic E-state index is 13.2. The van der Waals surface area contributed by atoms with Crippen LogP contribution >= 0.6 is 11.6 Å². The number of halogens is 2. The van der Waals surface area contributed by atoms with E-state index in [-0.39, 0.29) is 10.9 Å². The van der Waals surface area contributed by atoms with Crippen molar-refractivity contribution in [3.63, 3.8) is 0 Å². The number of amides is 1. The molecule has 1 aliphatic rings. The summed E-state index contributed by atoms with van der Waals surface area (Å²) in [5.74, 6) is -0.712. The molecule has 0 bridgehead atoms. The summed E-state index contributed by atoms with van der Waals surface area (Å²) in [5, 5.41) is 2.76. The molecule has 1 fully saturated rings. The minimum atomic E-state index is -0.520. The zero-order chi connectivity index (χ0) is 17.4. The third-order valence-corrected chi connectivity index (χ3v) is 4.56. The largest absolute Gasteiger partial charge is 0.423 e. The minimum absolute atomic E-state index is 0.0278. The van der Waals surface area contributed by atoms with Crippen LogP contribution in [0.5, 0.6) is 0 Å². The van der Waals surface area contributed by atoms with Gasteiger partial charge in [0.1, 0.15) is 17.4 Å². The standard InChI is InChI=1S/C18H15ClFN3O2/c19-12-10-11(7-8-13(12)20)21-17(24)15-5-3-9-23(15)18-22-14-4-1-2-6-16(14)25-18/h1-2,4,6-8,10,15H,3,5,9H2,(H,21,24)/t15-/m0/s1. The van der Waals surface area contributed by atoms with Crippen molar-refractivity contribution >= 4 is 40.3 Å². The Bertz CT molecular complexity index is 910. The highest BCUT2D eigenvalue weighted by Crippen LogP contribution is 2.29. The Balaban J connectivity index is 1.56. The summed E-state index contributed by atoms with van der Waals surface area (Å²) in [6.07, 6.45) is 1.56. The van der Waals surface area contributed by atoms with Crippen molar-refractivity contribution in [1.29, 1.82) is 0 Å². The quantitative estimate of drug-likeness (QED) is 0.760. The van der Waals surface area contributed by atoms with Gasteiger partial charge in [-0.2, -0.15) is 4.98 Å². The fraction of sp³-hybridized carbons (Fsp3) is 0.222. The first-order valence-electron chi connectivity index (χ1n) is 8.00. The molecule has 1 amide bonds. The van der Waals surface area contributed by atoms with Crippen LogP contribution in [0.1, 0.15) is 12.8 Å². The molecular formula is C18H15ClFN3O2. The van der Waals surface area contributed by atoms with Crippen molar-refractivity contribution in [3.05, 3.63) is 53.3 Å². The van der Waals surface area contributed by atoms with Gasteiger partial charge in [0.05, 0.1) is 5.02 Å². The maximum Gasteiger partial charge on any atom is 0.299 e. The van der Waals surface area contributed by atoms with E-state index in [1.165, 1.54) is 18.2 Å². The maximum absolute atomic E-state index is 13.2. The number of para-hydroxylation sites is 2. The smallest absolute Gasteiger partial charge is 0.299 e. The molecule has 5 nitrogen and oxygen atoms in total. The number of nitrogens with one attached hydrogen (secondary N) is 1. The van der Waals surface area contributed by atoms with E-state index in [0.717, 1.165) is 11.9 Å². The molecule has 7 heteroatoms. The lowest BCUT2D eigenvalue weighted by molar-refractivity contribution is -0.117. The summed E-state index contributed by atoms with van der Waals surface area (Å²) < 4.78 is 19.0. The number of oxazole rings is 1. The normalized spacial score (nSPS) is 17.2. The zero-order valence-electron chi connectivity index (χ0n) is 13.2. The van der Waals surface area contributed by atoms with Crippen LogP contribution in [0.4, 0.5) is 16.1 Å². The second-order valence-electron chi connectivity index (χ2n) is 5.93. The molecule has 2 heterocycles. The SMILES string of the molecule is O=C(Nc1ccc(F)c(Cl)c1)[C@@H]1CCCN1c1nc2ccccc2o1. The van der Waals surface area contributed by atoms with E-state index in [1.54, 1.807) is 0 Å². The minimum Gasteiger partial charge on any atom is -0.423 e. The lowest BCUT2D eigenvalue weighted by atomic mass is 10.2. The van der Waals surface area contributed by atoms with Crippen LogP contribution in [0, 0.1) is 5.82 Å². The summed E-state index contributed by atoms with van der Waals surface area (Å²) in [6, 6.07) is 11.6. The number of hydrogen-bond donors (Lipinski definition) is 1. The molecule has 1 aromatic heterocycles. The Morgan fingerprint density at radius 1 is 1.32 bits per heavy atom. The number of rotatable bonds is 3. The fourth-order valence-corrected chi connectivity index (χ4v) is 3.23. The third kappa shape index (κ3) is 3.05. The Morgan fingerprint density at radius 2 is 2.16 bits per heavy atom. The molecule has 0 aliphatic carbocycles. The monoisotopic (exact) mass is 359 g/mol. The molecule has 0 unspecified atom stereocenters. The number of carbonyl (C=O) groups is 1. The van der Waals surface area contributed by atoms with Crippen molar-refractivity contribution in [1.82, 2.24) is 4.98 Å². The molecule has 1 aliphatic heterocycles.